The Bertz CT molecular complexity index is 607. The Labute approximate surface area is 127 Å². The lowest BCUT2D eigenvalue weighted by molar-refractivity contribution is -0.274. The summed E-state index contributed by atoms with van der Waals surface area (Å²) in [5.74, 6) is -0.312. The standard InChI is InChI=1S/C13H11BrF3N3O/c1-8(11-7-18-4-5-19-11)20-10-3-2-9(14)6-12(10)21-13(15,16)17/h2-8,20H,1H3. The Morgan fingerprint density at radius 2 is 2.05 bits per heavy atom. The van der Waals surface area contributed by atoms with Crippen molar-refractivity contribution in [1.82, 2.24) is 9.97 Å². The molecule has 21 heavy (non-hydrogen) atoms. The Hall–Kier alpha value is -1.83. The summed E-state index contributed by atoms with van der Waals surface area (Å²) < 4.78 is 41.8. The van der Waals surface area contributed by atoms with Gasteiger partial charge in [0, 0.05) is 16.9 Å². The van der Waals surface area contributed by atoms with Gasteiger partial charge in [0.05, 0.1) is 23.6 Å². The molecule has 0 spiro atoms. The van der Waals surface area contributed by atoms with Crippen LogP contribution in [0.3, 0.4) is 0 Å². The summed E-state index contributed by atoms with van der Waals surface area (Å²) in [5.41, 5.74) is 0.826. The summed E-state index contributed by atoms with van der Waals surface area (Å²) >= 11 is 3.12. The van der Waals surface area contributed by atoms with Gasteiger partial charge in [-0.15, -0.1) is 13.2 Å². The number of benzene rings is 1. The lowest BCUT2D eigenvalue weighted by Crippen LogP contribution is -2.19. The summed E-state index contributed by atoms with van der Waals surface area (Å²) in [7, 11) is 0. The van der Waals surface area contributed by atoms with Gasteiger partial charge in [-0.05, 0) is 25.1 Å². The predicted octanol–water partition coefficient (Wildman–Crippen LogP) is 4.31. The minimum atomic E-state index is -4.76. The maximum absolute atomic E-state index is 12.4. The molecule has 0 amide bonds. The van der Waals surface area contributed by atoms with E-state index in [1.807, 2.05) is 0 Å². The molecule has 0 aliphatic carbocycles. The van der Waals surface area contributed by atoms with Crippen LogP contribution >= 0.6 is 15.9 Å². The lowest BCUT2D eigenvalue weighted by Gasteiger charge is -2.18. The molecule has 2 aromatic rings. The van der Waals surface area contributed by atoms with Crippen LogP contribution in [0.5, 0.6) is 5.75 Å². The molecule has 0 aliphatic rings. The fraction of sp³-hybridized carbons (Fsp3) is 0.231. The molecule has 2 rings (SSSR count). The van der Waals surface area contributed by atoms with Crippen molar-refractivity contribution in [3.63, 3.8) is 0 Å². The monoisotopic (exact) mass is 361 g/mol. The number of nitrogens with one attached hydrogen (secondary N) is 1. The minimum absolute atomic E-state index is 0.216. The van der Waals surface area contributed by atoms with Crippen molar-refractivity contribution in [2.75, 3.05) is 5.32 Å². The van der Waals surface area contributed by atoms with Gasteiger partial charge in [0.2, 0.25) is 0 Å². The van der Waals surface area contributed by atoms with Crippen LogP contribution in [0.15, 0.2) is 41.3 Å². The van der Waals surface area contributed by atoms with Crippen LogP contribution in [0.1, 0.15) is 18.7 Å². The SMILES string of the molecule is CC(Nc1ccc(Br)cc1OC(F)(F)F)c1cnccn1. The van der Waals surface area contributed by atoms with E-state index in [4.69, 9.17) is 0 Å². The largest absolute Gasteiger partial charge is 0.573 e. The Balaban J connectivity index is 2.23. The van der Waals surface area contributed by atoms with E-state index in [1.165, 1.54) is 24.5 Å². The first-order valence-corrected chi connectivity index (χ1v) is 6.72. The molecule has 112 valence electrons. The molecular formula is C13H11BrF3N3O. The van der Waals surface area contributed by atoms with Gasteiger partial charge in [0.25, 0.3) is 0 Å². The van der Waals surface area contributed by atoms with Crippen molar-refractivity contribution < 1.29 is 17.9 Å². The van der Waals surface area contributed by atoms with Crippen LogP contribution in [0.25, 0.3) is 0 Å². The highest BCUT2D eigenvalue weighted by Crippen LogP contribution is 2.34. The molecule has 1 aromatic carbocycles. The second-order valence-corrected chi connectivity index (χ2v) is 5.10. The van der Waals surface area contributed by atoms with E-state index < -0.39 is 6.36 Å². The first-order valence-electron chi connectivity index (χ1n) is 5.93. The number of anilines is 1. The van der Waals surface area contributed by atoms with Crippen LogP contribution in [0, 0.1) is 0 Å². The maximum Gasteiger partial charge on any atom is 0.573 e. The maximum atomic E-state index is 12.4. The van der Waals surface area contributed by atoms with Crippen LogP contribution in [-0.4, -0.2) is 16.3 Å². The Kier molecular flexibility index (Phi) is 4.66. The second kappa shape index (κ2) is 6.30. The van der Waals surface area contributed by atoms with Crippen LogP contribution in [0.4, 0.5) is 18.9 Å². The highest BCUT2D eigenvalue weighted by Gasteiger charge is 2.32. The lowest BCUT2D eigenvalue weighted by atomic mass is 10.2. The van der Waals surface area contributed by atoms with E-state index in [0.29, 0.717) is 10.2 Å². The smallest absolute Gasteiger partial charge is 0.404 e. The average Bonchev–Trinajstić information content (AvgIpc) is 2.41. The number of hydrogen-bond acceptors (Lipinski definition) is 4. The predicted molar refractivity (Wildman–Crippen MR) is 74.9 cm³/mol. The third-order valence-electron chi connectivity index (χ3n) is 2.57. The van der Waals surface area contributed by atoms with Crippen LogP contribution in [-0.2, 0) is 0 Å². The Morgan fingerprint density at radius 1 is 1.29 bits per heavy atom. The molecule has 1 atom stereocenters. The summed E-state index contributed by atoms with van der Waals surface area (Å²) in [4.78, 5) is 8.02. The van der Waals surface area contributed by atoms with Gasteiger partial charge in [0.15, 0.2) is 5.75 Å². The number of rotatable bonds is 4. The molecule has 0 bridgehead atoms. The number of alkyl halides is 3. The molecule has 8 heteroatoms. The molecule has 0 radical (unpaired) electrons. The van der Waals surface area contributed by atoms with E-state index >= 15 is 0 Å². The summed E-state index contributed by atoms with van der Waals surface area (Å²) in [6.45, 7) is 1.77. The fourth-order valence-corrected chi connectivity index (χ4v) is 2.01. The summed E-state index contributed by atoms with van der Waals surface area (Å²) in [5, 5.41) is 2.93. The molecule has 0 saturated carbocycles. The average molecular weight is 362 g/mol. The molecule has 0 aliphatic heterocycles. The van der Waals surface area contributed by atoms with Gasteiger partial charge in [-0.25, -0.2) is 0 Å². The molecular weight excluding hydrogens is 351 g/mol. The quantitative estimate of drug-likeness (QED) is 0.881. The second-order valence-electron chi connectivity index (χ2n) is 4.18. The number of ether oxygens (including phenoxy) is 1. The molecule has 4 nitrogen and oxygen atoms in total. The number of hydrogen-bond donors (Lipinski definition) is 1. The highest BCUT2D eigenvalue weighted by molar-refractivity contribution is 9.10. The fourth-order valence-electron chi connectivity index (χ4n) is 1.67. The topological polar surface area (TPSA) is 47.0 Å². The van der Waals surface area contributed by atoms with E-state index in [0.717, 1.165) is 0 Å². The third-order valence-corrected chi connectivity index (χ3v) is 3.06. The highest BCUT2D eigenvalue weighted by atomic mass is 79.9. The van der Waals surface area contributed by atoms with Gasteiger partial charge in [-0.3, -0.25) is 9.97 Å². The van der Waals surface area contributed by atoms with E-state index in [9.17, 15) is 13.2 Å². The molecule has 1 unspecified atom stereocenters. The van der Waals surface area contributed by atoms with Crippen molar-refractivity contribution in [1.29, 1.82) is 0 Å². The third kappa shape index (κ3) is 4.59. The van der Waals surface area contributed by atoms with Gasteiger partial charge in [-0.2, -0.15) is 0 Å². The van der Waals surface area contributed by atoms with Crippen molar-refractivity contribution in [3.05, 3.63) is 47.0 Å². The van der Waals surface area contributed by atoms with Gasteiger partial charge >= 0.3 is 6.36 Å². The molecule has 1 aromatic heterocycles. The van der Waals surface area contributed by atoms with E-state index in [-0.39, 0.29) is 17.5 Å². The number of halogens is 4. The van der Waals surface area contributed by atoms with Gasteiger partial charge < -0.3 is 10.1 Å². The van der Waals surface area contributed by atoms with E-state index in [2.05, 4.69) is 36.0 Å². The number of nitrogens with zero attached hydrogens (tertiary/aromatic N) is 2. The zero-order chi connectivity index (χ0) is 15.5. The van der Waals surface area contributed by atoms with E-state index in [1.54, 1.807) is 19.2 Å². The molecule has 1 N–H and O–H groups in total. The van der Waals surface area contributed by atoms with Crippen molar-refractivity contribution >= 4 is 21.6 Å². The van der Waals surface area contributed by atoms with Crippen LogP contribution in [0.2, 0.25) is 0 Å². The minimum Gasteiger partial charge on any atom is -0.404 e. The van der Waals surface area contributed by atoms with Crippen molar-refractivity contribution in [2.24, 2.45) is 0 Å². The normalized spacial score (nSPS) is 12.8. The Morgan fingerprint density at radius 3 is 2.67 bits per heavy atom. The zero-order valence-electron chi connectivity index (χ0n) is 10.9. The summed E-state index contributed by atoms with van der Waals surface area (Å²) in [6.07, 6.45) is -0.176. The molecule has 0 saturated heterocycles. The van der Waals surface area contributed by atoms with Crippen molar-refractivity contribution in [3.8, 4) is 5.75 Å². The first kappa shape index (κ1) is 15.6. The summed E-state index contributed by atoms with van der Waals surface area (Å²) in [6, 6.07) is 4.04. The van der Waals surface area contributed by atoms with Gasteiger partial charge in [-0.1, -0.05) is 15.9 Å². The van der Waals surface area contributed by atoms with Crippen LogP contribution < -0.4 is 10.1 Å². The van der Waals surface area contributed by atoms with Crippen molar-refractivity contribution in [2.45, 2.75) is 19.3 Å². The molecule has 0 fully saturated rings. The first-order chi connectivity index (χ1) is 9.85. The number of aromatic nitrogens is 2. The zero-order valence-corrected chi connectivity index (χ0v) is 12.4. The van der Waals surface area contributed by atoms with Gasteiger partial charge in [0.1, 0.15) is 0 Å². The molecule has 1 heterocycles.